The van der Waals surface area contributed by atoms with E-state index in [0.717, 1.165) is 0 Å². The summed E-state index contributed by atoms with van der Waals surface area (Å²) in [4.78, 5) is 4.02. The molecule has 2 aromatic rings. The molecule has 2 rings (SSSR count). The molecule has 0 spiro atoms. The van der Waals surface area contributed by atoms with E-state index in [4.69, 9.17) is 4.42 Å². The van der Waals surface area contributed by atoms with Crippen LogP contribution in [0.25, 0.3) is 0 Å². The molecule has 0 aliphatic rings. The molecule has 2 heterocycles. The molecule has 1 atom stereocenters. The lowest BCUT2D eigenvalue weighted by Gasteiger charge is -2.05. The van der Waals surface area contributed by atoms with Crippen LogP contribution in [0.3, 0.4) is 0 Å². The van der Waals surface area contributed by atoms with Gasteiger partial charge in [-0.15, -0.1) is 10.2 Å². The zero-order valence-electron chi connectivity index (χ0n) is 7.37. The van der Waals surface area contributed by atoms with Crippen LogP contribution in [0, 0.1) is 0 Å². The lowest BCUT2D eigenvalue weighted by Crippen LogP contribution is -2.03. The maximum Gasteiger partial charge on any atom is 0.219 e. The van der Waals surface area contributed by atoms with Crippen molar-refractivity contribution in [1.82, 2.24) is 15.2 Å². The number of aliphatic hydroxyl groups excluding tert-OH is 1. The second-order valence-corrected chi connectivity index (χ2v) is 2.81. The molecule has 1 N–H and O–H groups in total. The number of hydrogen-bond acceptors (Lipinski definition) is 5. The van der Waals surface area contributed by atoms with Crippen LogP contribution < -0.4 is 0 Å². The molecule has 0 amide bonds. The molecule has 2 aromatic heterocycles. The van der Waals surface area contributed by atoms with Crippen molar-refractivity contribution >= 4 is 0 Å². The summed E-state index contributed by atoms with van der Waals surface area (Å²) in [5, 5.41) is 16.9. The van der Waals surface area contributed by atoms with Crippen LogP contribution in [-0.2, 0) is 6.42 Å². The van der Waals surface area contributed by atoms with Crippen molar-refractivity contribution in [2.75, 3.05) is 0 Å². The van der Waals surface area contributed by atoms with Crippen molar-refractivity contribution in [3.05, 3.63) is 42.4 Å². The van der Waals surface area contributed by atoms with Gasteiger partial charge in [-0.1, -0.05) is 6.07 Å². The second kappa shape index (κ2) is 3.97. The van der Waals surface area contributed by atoms with Crippen molar-refractivity contribution < 1.29 is 9.52 Å². The van der Waals surface area contributed by atoms with Gasteiger partial charge >= 0.3 is 0 Å². The summed E-state index contributed by atoms with van der Waals surface area (Å²) in [5.41, 5.74) is 0.603. The molecule has 0 aromatic carbocycles. The SMILES string of the molecule is OC(Cc1nnco1)c1ccccn1. The molecule has 0 bridgehead atoms. The van der Waals surface area contributed by atoms with E-state index in [1.807, 2.05) is 6.07 Å². The van der Waals surface area contributed by atoms with Gasteiger partial charge < -0.3 is 9.52 Å². The highest BCUT2D eigenvalue weighted by Crippen LogP contribution is 2.13. The van der Waals surface area contributed by atoms with Gasteiger partial charge in [-0.3, -0.25) is 4.98 Å². The van der Waals surface area contributed by atoms with Crippen molar-refractivity contribution in [3.63, 3.8) is 0 Å². The minimum absolute atomic E-state index is 0.289. The first-order chi connectivity index (χ1) is 6.86. The minimum atomic E-state index is -0.698. The number of pyridine rings is 1. The van der Waals surface area contributed by atoms with Gasteiger partial charge in [-0.2, -0.15) is 0 Å². The normalized spacial score (nSPS) is 12.6. The average Bonchev–Trinajstić information content (AvgIpc) is 2.72. The number of nitrogens with zero attached hydrogens (tertiary/aromatic N) is 3. The minimum Gasteiger partial charge on any atom is -0.428 e. The third-order valence-electron chi connectivity index (χ3n) is 1.80. The summed E-state index contributed by atoms with van der Waals surface area (Å²) in [5.74, 6) is 0.406. The van der Waals surface area contributed by atoms with Crippen molar-refractivity contribution in [2.24, 2.45) is 0 Å². The Labute approximate surface area is 80.4 Å². The Bertz CT molecular complexity index is 374. The first kappa shape index (κ1) is 8.83. The first-order valence-corrected chi connectivity index (χ1v) is 4.20. The van der Waals surface area contributed by atoms with Crippen LogP contribution in [0.2, 0.25) is 0 Å². The molecule has 0 saturated heterocycles. The van der Waals surface area contributed by atoms with Gasteiger partial charge in [0.25, 0.3) is 0 Å². The topological polar surface area (TPSA) is 72.0 Å². The average molecular weight is 191 g/mol. The van der Waals surface area contributed by atoms with Crippen molar-refractivity contribution in [3.8, 4) is 0 Å². The lowest BCUT2D eigenvalue weighted by atomic mass is 10.2. The quantitative estimate of drug-likeness (QED) is 0.774. The maximum absolute atomic E-state index is 9.70. The summed E-state index contributed by atoms with van der Waals surface area (Å²) in [7, 11) is 0. The predicted octanol–water partition coefficient (Wildman–Crippen LogP) is 0.741. The zero-order valence-corrected chi connectivity index (χ0v) is 7.37. The lowest BCUT2D eigenvalue weighted by molar-refractivity contribution is 0.164. The summed E-state index contributed by atoms with van der Waals surface area (Å²) in [6.45, 7) is 0. The molecule has 0 aliphatic carbocycles. The standard InChI is InChI=1S/C9H9N3O2/c13-8(5-9-12-11-6-14-9)7-3-1-2-4-10-7/h1-4,6,8,13H,5H2. The molecule has 1 unspecified atom stereocenters. The monoisotopic (exact) mass is 191 g/mol. The van der Waals surface area contributed by atoms with E-state index < -0.39 is 6.10 Å². The largest absolute Gasteiger partial charge is 0.428 e. The molecule has 0 fully saturated rings. The van der Waals surface area contributed by atoms with Crippen LogP contribution in [0.1, 0.15) is 17.7 Å². The zero-order chi connectivity index (χ0) is 9.80. The third-order valence-corrected chi connectivity index (χ3v) is 1.80. The molecule has 14 heavy (non-hydrogen) atoms. The fourth-order valence-electron chi connectivity index (χ4n) is 1.13. The third kappa shape index (κ3) is 1.94. The second-order valence-electron chi connectivity index (χ2n) is 2.81. The molecule has 0 radical (unpaired) electrons. The summed E-state index contributed by atoms with van der Waals surface area (Å²) in [6, 6.07) is 5.36. The summed E-state index contributed by atoms with van der Waals surface area (Å²) in [6.07, 6.45) is 2.46. The Hall–Kier alpha value is -1.75. The fraction of sp³-hybridized carbons (Fsp3) is 0.222. The first-order valence-electron chi connectivity index (χ1n) is 4.20. The van der Waals surface area contributed by atoms with E-state index in [-0.39, 0.29) is 6.42 Å². The molecular formula is C9H9N3O2. The molecule has 0 saturated carbocycles. The van der Waals surface area contributed by atoms with E-state index in [1.165, 1.54) is 6.39 Å². The summed E-state index contributed by atoms with van der Waals surface area (Å²) >= 11 is 0. The van der Waals surface area contributed by atoms with Gasteiger partial charge in [0.1, 0.15) is 6.10 Å². The molecule has 5 heteroatoms. The Kier molecular flexibility index (Phi) is 2.51. The van der Waals surface area contributed by atoms with Gasteiger partial charge in [0.2, 0.25) is 12.3 Å². The van der Waals surface area contributed by atoms with Crippen molar-refractivity contribution in [1.29, 1.82) is 0 Å². The molecule has 0 aliphatic heterocycles. The van der Waals surface area contributed by atoms with Crippen LogP contribution in [0.5, 0.6) is 0 Å². The molecular weight excluding hydrogens is 182 g/mol. The van der Waals surface area contributed by atoms with Gasteiger partial charge in [-0.05, 0) is 12.1 Å². The predicted molar refractivity (Wildman–Crippen MR) is 47.2 cm³/mol. The van der Waals surface area contributed by atoms with E-state index in [2.05, 4.69) is 15.2 Å². The van der Waals surface area contributed by atoms with Crippen LogP contribution >= 0.6 is 0 Å². The Morgan fingerprint density at radius 1 is 1.43 bits per heavy atom. The maximum atomic E-state index is 9.70. The summed E-state index contributed by atoms with van der Waals surface area (Å²) < 4.78 is 4.92. The Balaban J connectivity index is 2.07. The smallest absolute Gasteiger partial charge is 0.219 e. The van der Waals surface area contributed by atoms with Gasteiger partial charge in [0, 0.05) is 6.20 Å². The number of aromatic nitrogens is 3. The fourth-order valence-corrected chi connectivity index (χ4v) is 1.13. The van der Waals surface area contributed by atoms with E-state index in [9.17, 15) is 5.11 Å². The van der Waals surface area contributed by atoms with E-state index >= 15 is 0 Å². The Morgan fingerprint density at radius 3 is 3.00 bits per heavy atom. The van der Waals surface area contributed by atoms with Crippen molar-refractivity contribution in [2.45, 2.75) is 12.5 Å². The molecule has 72 valence electrons. The van der Waals surface area contributed by atoms with E-state index in [0.29, 0.717) is 11.6 Å². The molecule has 5 nitrogen and oxygen atoms in total. The number of rotatable bonds is 3. The van der Waals surface area contributed by atoms with E-state index in [1.54, 1.807) is 18.3 Å². The van der Waals surface area contributed by atoms with Crippen LogP contribution in [0.4, 0.5) is 0 Å². The van der Waals surface area contributed by atoms with Gasteiger partial charge in [0.15, 0.2) is 0 Å². The van der Waals surface area contributed by atoms with Crippen LogP contribution in [-0.4, -0.2) is 20.3 Å². The van der Waals surface area contributed by atoms with Gasteiger partial charge in [0.05, 0.1) is 12.1 Å². The highest BCUT2D eigenvalue weighted by molar-refractivity contribution is 5.07. The number of hydrogen-bond donors (Lipinski definition) is 1. The highest BCUT2D eigenvalue weighted by Gasteiger charge is 2.12. The van der Waals surface area contributed by atoms with Gasteiger partial charge in [-0.25, -0.2) is 0 Å². The Morgan fingerprint density at radius 2 is 2.36 bits per heavy atom. The number of aliphatic hydroxyl groups is 1. The van der Waals surface area contributed by atoms with Crippen LogP contribution in [0.15, 0.2) is 35.2 Å². The highest BCUT2D eigenvalue weighted by atomic mass is 16.4.